The average Bonchev–Trinajstić information content (AvgIpc) is 2.44. The molecule has 0 spiro atoms. The molecule has 0 bridgehead atoms. The molecule has 0 heteroatoms. The quantitative estimate of drug-likeness (QED) is 0.495. The maximum Gasteiger partial charge on any atom is -0.0386 e. The summed E-state index contributed by atoms with van der Waals surface area (Å²) >= 11 is 0. The Morgan fingerprint density at radius 1 is 1.71 bits per heavy atom. The number of rotatable bonds is 2. The summed E-state index contributed by atoms with van der Waals surface area (Å²) in [4.78, 5) is 0. The van der Waals surface area contributed by atoms with Gasteiger partial charge in [0, 0.05) is 0 Å². The van der Waals surface area contributed by atoms with Crippen LogP contribution in [0.2, 0.25) is 0 Å². The first-order chi connectivity index (χ1) is 3.34. The fourth-order valence-electron chi connectivity index (χ4n) is 0.901. The van der Waals surface area contributed by atoms with E-state index in [4.69, 9.17) is 0 Å². The van der Waals surface area contributed by atoms with E-state index in [1.54, 1.807) is 0 Å². The molecule has 0 amide bonds. The molecule has 1 fully saturated rings. The highest BCUT2D eigenvalue weighted by molar-refractivity contribution is 4.81. The molecule has 0 aromatic heterocycles. The summed E-state index contributed by atoms with van der Waals surface area (Å²) in [5.41, 5.74) is 0. The molecule has 0 aromatic rings. The Bertz CT molecular complexity index is 53.1. The van der Waals surface area contributed by atoms with Gasteiger partial charge in [-0.15, -0.1) is 0 Å². The van der Waals surface area contributed by atoms with E-state index in [1.807, 2.05) is 0 Å². The largest absolute Gasteiger partial charge is 0.0651 e. The molecule has 1 aliphatic rings. The molecule has 41 valence electrons. The van der Waals surface area contributed by atoms with Gasteiger partial charge in [-0.3, -0.25) is 0 Å². The van der Waals surface area contributed by atoms with Gasteiger partial charge in [0.05, 0.1) is 0 Å². The molecule has 1 atom stereocenters. The van der Waals surface area contributed by atoms with Crippen LogP contribution in [0, 0.1) is 18.8 Å². The molecule has 0 N–H and O–H groups in total. The maximum absolute atomic E-state index is 4.02. The van der Waals surface area contributed by atoms with Crippen LogP contribution in [-0.4, -0.2) is 0 Å². The van der Waals surface area contributed by atoms with Crippen LogP contribution in [0.25, 0.3) is 0 Å². The lowest BCUT2D eigenvalue weighted by Crippen LogP contribution is -1.92. The second kappa shape index (κ2) is 1.85. The van der Waals surface area contributed by atoms with E-state index in [-0.39, 0.29) is 0 Å². The van der Waals surface area contributed by atoms with E-state index in [1.165, 1.54) is 19.3 Å². The summed E-state index contributed by atoms with van der Waals surface area (Å²) in [5.74, 6) is 1.77. The highest BCUT2D eigenvalue weighted by Gasteiger charge is 2.26. The van der Waals surface area contributed by atoms with Crippen LogP contribution < -0.4 is 0 Å². The van der Waals surface area contributed by atoms with Gasteiger partial charge in [0.2, 0.25) is 0 Å². The average molecular weight is 97.2 g/mol. The highest BCUT2D eigenvalue weighted by Crippen LogP contribution is 2.37. The first-order valence-corrected chi connectivity index (χ1v) is 3.17. The Balaban J connectivity index is 2.10. The van der Waals surface area contributed by atoms with Crippen molar-refractivity contribution in [3.63, 3.8) is 0 Å². The minimum atomic E-state index is 0.764. The summed E-state index contributed by atoms with van der Waals surface area (Å²) in [6.07, 6.45) is 4.16. The van der Waals surface area contributed by atoms with Crippen molar-refractivity contribution >= 4 is 0 Å². The van der Waals surface area contributed by atoms with Crippen LogP contribution in [-0.2, 0) is 0 Å². The normalized spacial score (nSPS) is 24.9. The molecule has 1 rings (SSSR count). The van der Waals surface area contributed by atoms with Crippen LogP contribution >= 0.6 is 0 Å². The van der Waals surface area contributed by atoms with Gasteiger partial charge in [0.15, 0.2) is 0 Å². The molecule has 0 nitrogen and oxygen atoms in total. The summed E-state index contributed by atoms with van der Waals surface area (Å²) in [6.45, 7) is 6.24. The van der Waals surface area contributed by atoms with Gasteiger partial charge in [-0.2, -0.15) is 0 Å². The molecular weight excluding hydrogens is 84.1 g/mol. The molecule has 1 aliphatic carbocycles. The smallest absolute Gasteiger partial charge is 0.0386 e. The monoisotopic (exact) mass is 97.1 g/mol. The van der Waals surface area contributed by atoms with Gasteiger partial charge >= 0.3 is 0 Å². The van der Waals surface area contributed by atoms with E-state index in [0.717, 1.165) is 11.8 Å². The Hall–Kier alpha value is 0. The van der Waals surface area contributed by atoms with E-state index in [9.17, 15) is 0 Å². The lowest BCUT2D eigenvalue weighted by Gasteiger charge is -2.01. The highest BCUT2D eigenvalue weighted by atomic mass is 14.3. The predicted molar refractivity (Wildman–Crippen MR) is 31.9 cm³/mol. The molecule has 0 saturated heterocycles. The lowest BCUT2D eigenvalue weighted by atomic mass is 10.0. The van der Waals surface area contributed by atoms with E-state index in [2.05, 4.69) is 13.8 Å². The molecular formula is C7H13. The zero-order valence-electron chi connectivity index (χ0n) is 4.98. The number of hydrogen-bond acceptors (Lipinski definition) is 0. The fourth-order valence-corrected chi connectivity index (χ4v) is 0.901. The zero-order chi connectivity index (χ0) is 5.28. The molecule has 0 aromatic carbocycles. The molecule has 0 heterocycles. The van der Waals surface area contributed by atoms with Crippen molar-refractivity contribution in [1.29, 1.82) is 0 Å². The van der Waals surface area contributed by atoms with Crippen molar-refractivity contribution < 1.29 is 0 Å². The van der Waals surface area contributed by atoms with Crippen molar-refractivity contribution in [2.75, 3.05) is 0 Å². The van der Waals surface area contributed by atoms with Gasteiger partial charge in [-0.1, -0.05) is 13.3 Å². The van der Waals surface area contributed by atoms with Crippen LogP contribution in [0.1, 0.15) is 26.2 Å². The second-order valence-electron chi connectivity index (χ2n) is 2.51. The van der Waals surface area contributed by atoms with Crippen molar-refractivity contribution in [2.45, 2.75) is 26.2 Å². The molecule has 0 aliphatic heterocycles. The molecule has 1 unspecified atom stereocenters. The maximum atomic E-state index is 4.02. The van der Waals surface area contributed by atoms with Crippen LogP contribution in [0.5, 0.6) is 0 Å². The van der Waals surface area contributed by atoms with Gasteiger partial charge in [0.1, 0.15) is 0 Å². The standard InChI is InChI=1S/C7H13/c1-3-6(2)7-4-5-7/h6-7H,2-5H2,1H3. The van der Waals surface area contributed by atoms with Gasteiger partial charge in [0.25, 0.3) is 0 Å². The van der Waals surface area contributed by atoms with Crippen molar-refractivity contribution in [2.24, 2.45) is 11.8 Å². The number of hydrogen-bond donors (Lipinski definition) is 0. The van der Waals surface area contributed by atoms with Crippen LogP contribution in [0.15, 0.2) is 0 Å². The molecule has 1 saturated carbocycles. The third kappa shape index (κ3) is 1.19. The van der Waals surface area contributed by atoms with Crippen molar-refractivity contribution in [3.05, 3.63) is 6.92 Å². The molecule has 7 heavy (non-hydrogen) atoms. The van der Waals surface area contributed by atoms with E-state index >= 15 is 0 Å². The van der Waals surface area contributed by atoms with Crippen molar-refractivity contribution in [3.8, 4) is 0 Å². The van der Waals surface area contributed by atoms with Gasteiger partial charge in [-0.25, -0.2) is 0 Å². The molecule has 1 radical (unpaired) electrons. The van der Waals surface area contributed by atoms with E-state index < -0.39 is 0 Å². The van der Waals surface area contributed by atoms with Crippen LogP contribution in [0.3, 0.4) is 0 Å². The summed E-state index contributed by atoms with van der Waals surface area (Å²) in [5, 5.41) is 0. The first-order valence-electron chi connectivity index (χ1n) is 3.17. The summed E-state index contributed by atoms with van der Waals surface area (Å²) in [6, 6.07) is 0. The third-order valence-electron chi connectivity index (χ3n) is 1.81. The van der Waals surface area contributed by atoms with Crippen molar-refractivity contribution in [1.82, 2.24) is 0 Å². The predicted octanol–water partition coefficient (Wildman–Crippen LogP) is 2.26. The topological polar surface area (TPSA) is 0 Å². The zero-order valence-corrected chi connectivity index (χ0v) is 4.98. The lowest BCUT2D eigenvalue weighted by molar-refractivity contribution is 0.546. The first kappa shape index (κ1) is 5.14. The fraction of sp³-hybridized carbons (Fsp3) is 0.857. The Morgan fingerprint density at radius 3 is 2.43 bits per heavy atom. The SMILES string of the molecule is [CH2]C(CC)C1CC1. The summed E-state index contributed by atoms with van der Waals surface area (Å²) < 4.78 is 0. The Morgan fingerprint density at radius 2 is 2.29 bits per heavy atom. The summed E-state index contributed by atoms with van der Waals surface area (Å²) in [7, 11) is 0. The minimum absolute atomic E-state index is 0.764. The van der Waals surface area contributed by atoms with Gasteiger partial charge < -0.3 is 0 Å². The Labute approximate surface area is 45.9 Å². The second-order valence-corrected chi connectivity index (χ2v) is 2.51. The third-order valence-corrected chi connectivity index (χ3v) is 1.81. The van der Waals surface area contributed by atoms with E-state index in [0.29, 0.717) is 0 Å². The van der Waals surface area contributed by atoms with Gasteiger partial charge in [-0.05, 0) is 31.6 Å². The minimum Gasteiger partial charge on any atom is -0.0651 e. The Kier molecular flexibility index (Phi) is 1.36. The van der Waals surface area contributed by atoms with Crippen LogP contribution in [0.4, 0.5) is 0 Å².